The van der Waals surface area contributed by atoms with Crippen molar-refractivity contribution < 1.29 is 12.8 Å². The second-order valence-electron chi connectivity index (χ2n) is 8.38. The molecule has 0 bridgehead atoms. The summed E-state index contributed by atoms with van der Waals surface area (Å²) in [5, 5.41) is 4.18. The SMILES string of the molecule is O=S(=O)(c1ccc(CNc2ccc(F)cc2)cc1)n1cc(N2CCCCC2)c2ccccc21. The second kappa shape index (κ2) is 8.90. The van der Waals surface area contributed by atoms with Gasteiger partial charge in [-0.15, -0.1) is 0 Å². The van der Waals surface area contributed by atoms with Gasteiger partial charge >= 0.3 is 0 Å². The molecule has 0 radical (unpaired) electrons. The van der Waals surface area contributed by atoms with Crippen LogP contribution in [0.25, 0.3) is 10.9 Å². The van der Waals surface area contributed by atoms with E-state index >= 15 is 0 Å². The molecule has 7 heteroatoms. The molecule has 0 aliphatic carbocycles. The van der Waals surface area contributed by atoms with Crippen LogP contribution in [0.5, 0.6) is 0 Å². The monoisotopic (exact) mass is 463 g/mol. The van der Waals surface area contributed by atoms with Gasteiger partial charge in [-0.2, -0.15) is 0 Å². The van der Waals surface area contributed by atoms with E-state index < -0.39 is 10.0 Å². The van der Waals surface area contributed by atoms with Gasteiger partial charge < -0.3 is 10.2 Å². The number of hydrogen-bond donors (Lipinski definition) is 1. The van der Waals surface area contributed by atoms with Gasteiger partial charge in [0.2, 0.25) is 0 Å². The first-order valence-electron chi connectivity index (χ1n) is 11.2. The minimum absolute atomic E-state index is 0.249. The number of nitrogens with one attached hydrogen (secondary N) is 1. The standard InChI is InChI=1S/C26H26FN3O2S/c27-21-10-12-22(13-11-21)28-18-20-8-14-23(15-9-20)33(31,32)30-19-26(29-16-4-1-5-17-29)24-6-2-3-7-25(24)30/h2-3,6-15,19,28H,1,4-5,16-18H2. The molecule has 1 N–H and O–H groups in total. The molecule has 33 heavy (non-hydrogen) atoms. The van der Waals surface area contributed by atoms with E-state index in [1.165, 1.54) is 22.5 Å². The van der Waals surface area contributed by atoms with Gasteiger partial charge in [-0.05, 0) is 67.3 Å². The highest BCUT2D eigenvalue weighted by molar-refractivity contribution is 7.90. The molecule has 0 amide bonds. The fourth-order valence-electron chi connectivity index (χ4n) is 4.38. The van der Waals surface area contributed by atoms with Gasteiger partial charge in [0.1, 0.15) is 5.82 Å². The maximum atomic E-state index is 13.6. The minimum Gasteiger partial charge on any atom is -0.381 e. The topological polar surface area (TPSA) is 54.3 Å². The molecule has 3 aromatic carbocycles. The summed E-state index contributed by atoms with van der Waals surface area (Å²) in [4.78, 5) is 2.54. The number of aromatic nitrogens is 1. The summed E-state index contributed by atoms with van der Waals surface area (Å²) in [6, 6.07) is 20.7. The molecule has 1 fully saturated rings. The van der Waals surface area contributed by atoms with Gasteiger partial charge in [-0.3, -0.25) is 0 Å². The molecule has 5 rings (SSSR count). The highest BCUT2D eigenvalue weighted by atomic mass is 32.2. The minimum atomic E-state index is -3.74. The van der Waals surface area contributed by atoms with Gasteiger partial charge in [-0.1, -0.05) is 30.3 Å². The molecule has 0 atom stereocenters. The van der Waals surface area contributed by atoms with Crippen LogP contribution < -0.4 is 10.2 Å². The summed E-state index contributed by atoms with van der Waals surface area (Å²) in [5.41, 5.74) is 3.41. The molecule has 0 saturated carbocycles. The number of halogens is 1. The Balaban J connectivity index is 1.42. The van der Waals surface area contributed by atoms with E-state index in [2.05, 4.69) is 10.2 Å². The van der Waals surface area contributed by atoms with Crippen molar-refractivity contribution in [3.8, 4) is 0 Å². The molecule has 1 aliphatic heterocycles. The molecule has 1 aromatic heterocycles. The third-order valence-electron chi connectivity index (χ3n) is 6.17. The van der Waals surface area contributed by atoms with E-state index in [9.17, 15) is 12.8 Å². The largest absolute Gasteiger partial charge is 0.381 e. The van der Waals surface area contributed by atoms with E-state index in [1.807, 2.05) is 24.3 Å². The van der Waals surface area contributed by atoms with Crippen LogP contribution in [0.4, 0.5) is 15.8 Å². The lowest BCUT2D eigenvalue weighted by Gasteiger charge is -2.28. The van der Waals surface area contributed by atoms with Crippen molar-refractivity contribution in [3.63, 3.8) is 0 Å². The molecular formula is C26H26FN3O2S. The van der Waals surface area contributed by atoms with Gasteiger partial charge in [0, 0.05) is 36.9 Å². The highest BCUT2D eigenvalue weighted by Gasteiger charge is 2.24. The van der Waals surface area contributed by atoms with Gasteiger partial charge in [0.25, 0.3) is 10.0 Å². The van der Waals surface area contributed by atoms with Crippen LogP contribution in [0.1, 0.15) is 24.8 Å². The van der Waals surface area contributed by atoms with Crippen LogP contribution in [-0.2, 0) is 16.6 Å². The maximum Gasteiger partial charge on any atom is 0.268 e. The zero-order valence-corrected chi connectivity index (χ0v) is 19.1. The third-order valence-corrected chi connectivity index (χ3v) is 7.86. The first kappa shape index (κ1) is 21.5. The van der Waals surface area contributed by atoms with E-state index in [0.717, 1.165) is 48.3 Å². The molecule has 4 aromatic rings. The quantitative estimate of drug-likeness (QED) is 0.403. The fraction of sp³-hybridized carbons (Fsp3) is 0.231. The van der Waals surface area contributed by atoms with Crippen molar-refractivity contribution in [1.29, 1.82) is 0 Å². The number of anilines is 2. The highest BCUT2D eigenvalue weighted by Crippen LogP contribution is 2.33. The van der Waals surface area contributed by atoms with Crippen molar-refractivity contribution in [3.05, 3.63) is 90.4 Å². The summed E-state index contributed by atoms with van der Waals surface area (Å²) in [6.45, 7) is 2.41. The van der Waals surface area contributed by atoms with Crippen LogP contribution in [-0.4, -0.2) is 25.5 Å². The first-order chi connectivity index (χ1) is 16.0. The predicted molar refractivity (Wildman–Crippen MR) is 131 cm³/mol. The van der Waals surface area contributed by atoms with Crippen molar-refractivity contribution in [2.24, 2.45) is 0 Å². The summed E-state index contributed by atoms with van der Waals surface area (Å²) in [7, 11) is -3.74. The van der Waals surface area contributed by atoms with E-state index in [1.54, 1.807) is 42.6 Å². The summed E-state index contributed by atoms with van der Waals surface area (Å²) >= 11 is 0. The van der Waals surface area contributed by atoms with Crippen molar-refractivity contribution in [1.82, 2.24) is 3.97 Å². The Hall–Kier alpha value is -3.32. The molecular weight excluding hydrogens is 437 g/mol. The summed E-state index contributed by atoms with van der Waals surface area (Å²) in [6.07, 6.45) is 5.24. The number of rotatable bonds is 6. The molecule has 1 saturated heterocycles. The Labute approximate surface area is 193 Å². The van der Waals surface area contributed by atoms with E-state index in [4.69, 9.17) is 0 Å². The van der Waals surface area contributed by atoms with Gasteiger partial charge in [0.15, 0.2) is 0 Å². The number of benzene rings is 3. The van der Waals surface area contributed by atoms with Crippen LogP contribution in [0.3, 0.4) is 0 Å². The van der Waals surface area contributed by atoms with Crippen molar-refractivity contribution >= 4 is 32.3 Å². The average Bonchev–Trinajstić information content (AvgIpc) is 3.25. The number of fused-ring (bicyclic) bond motifs is 1. The maximum absolute atomic E-state index is 13.6. The summed E-state index contributed by atoms with van der Waals surface area (Å²) < 4.78 is 41.6. The van der Waals surface area contributed by atoms with Crippen molar-refractivity contribution in [2.45, 2.75) is 30.7 Å². The van der Waals surface area contributed by atoms with E-state index in [-0.39, 0.29) is 10.7 Å². The van der Waals surface area contributed by atoms with Crippen molar-refractivity contribution in [2.75, 3.05) is 23.3 Å². The second-order valence-corrected chi connectivity index (χ2v) is 10.2. The molecule has 0 spiro atoms. The molecule has 1 aliphatic rings. The molecule has 170 valence electrons. The van der Waals surface area contributed by atoms with Crippen LogP contribution in [0, 0.1) is 5.82 Å². The zero-order valence-electron chi connectivity index (χ0n) is 18.2. The molecule has 0 unspecified atom stereocenters. The normalized spacial score (nSPS) is 14.5. The van der Waals surface area contributed by atoms with E-state index in [0.29, 0.717) is 12.1 Å². The first-order valence-corrected chi connectivity index (χ1v) is 12.7. The summed E-state index contributed by atoms with van der Waals surface area (Å²) in [5.74, 6) is -0.281. The predicted octanol–water partition coefficient (Wildman–Crippen LogP) is 5.62. The number of hydrogen-bond acceptors (Lipinski definition) is 4. The number of nitrogens with zero attached hydrogens (tertiary/aromatic N) is 2. The lowest BCUT2D eigenvalue weighted by molar-refractivity contribution is 0.577. The Morgan fingerprint density at radius 1 is 0.848 bits per heavy atom. The van der Waals surface area contributed by atoms with Crippen LogP contribution in [0.2, 0.25) is 0 Å². The number of para-hydroxylation sites is 1. The lowest BCUT2D eigenvalue weighted by atomic mass is 10.1. The lowest BCUT2D eigenvalue weighted by Crippen LogP contribution is -2.29. The van der Waals surface area contributed by atoms with Gasteiger partial charge in [0.05, 0.1) is 16.1 Å². The van der Waals surface area contributed by atoms with Gasteiger partial charge in [-0.25, -0.2) is 16.8 Å². The average molecular weight is 464 g/mol. The molecule has 5 nitrogen and oxygen atoms in total. The Bertz CT molecular complexity index is 1360. The fourth-order valence-corrected chi connectivity index (χ4v) is 5.75. The van der Waals surface area contributed by atoms with Crippen LogP contribution in [0.15, 0.2) is 83.9 Å². The Kier molecular flexibility index (Phi) is 5.81. The van der Waals surface area contributed by atoms with Crippen LogP contribution >= 0.6 is 0 Å². The Morgan fingerprint density at radius 3 is 2.27 bits per heavy atom. The smallest absolute Gasteiger partial charge is 0.268 e. The zero-order chi connectivity index (χ0) is 22.8. The third kappa shape index (κ3) is 4.33. The number of piperidine rings is 1. The molecule has 2 heterocycles. The Morgan fingerprint density at radius 2 is 1.55 bits per heavy atom.